The molecule has 0 aliphatic carbocycles. The third kappa shape index (κ3) is 3.13. The molecule has 3 rings (SSSR count). The maximum Gasteiger partial charge on any atom is 0.285 e. The van der Waals surface area contributed by atoms with Crippen molar-refractivity contribution in [1.29, 1.82) is 0 Å². The van der Waals surface area contributed by atoms with Gasteiger partial charge >= 0.3 is 0 Å². The van der Waals surface area contributed by atoms with Gasteiger partial charge in [-0.3, -0.25) is 0 Å². The number of fused-ring (bicyclic) bond motifs is 1. The molecule has 0 spiro atoms. The van der Waals surface area contributed by atoms with Gasteiger partial charge in [0.1, 0.15) is 11.2 Å². The minimum absolute atomic E-state index is 0.0423. The van der Waals surface area contributed by atoms with Crippen molar-refractivity contribution in [3.05, 3.63) is 53.6 Å². The van der Waals surface area contributed by atoms with Crippen molar-refractivity contribution in [3.63, 3.8) is 0 Å². The molecule has 0 saturated carbocycles. The van der Waals surface area contributed by atoms with Gasteiger partial charge in [-0.15, -0.1) is 4.40 Å². The first-order valence-electron chi connectivity index (χ1n) is 6.76. The van der Waals surface area contributed by atoms with Crippen molar-refractivity contribution in [2.24, 2.45) is 4.40 Å². The average Bonchev–Trinajstić information content (AvgIpc) is 2.49. The Labute approximate surface area is 134 Å². The van der Waals surface area contributed by atoms with E-state index in [1.54, 1.807) is 12.1 Å². The van der Waals surface area contributed by atoms with Crippen molar-refractivity contribution >= 4 is 31.9 Å². The number of hydrogen-bond acceptors (Lipinski definition) is 5. The van der Waals surface area contributed by atoms with Crippen LogP contribution in [-0.4, -0.2) is 23.2 Å². The van der Waals surface area contributed by atoms with Crippen LogP contribution >= 0.6 is 0 Å². The molecule has 0 aromatic heterocycles. The molecule has 2 aromatic carbocycles. The highest BCUT2D eigenvalue weighted by molar-refractivity contribution is 7.91. The standard InChI is InChI=1S/C15H14N2O4S2/c1-11-2-4-12(5-3-11)9-22(18,19)13-6-7-14-15(8-13)23(20,21)17-10-16-14/h2-8,10H,9H2,1H3,(H,16,17). The molecule has 2 aromatic rings. The van der Waals surface area contributed by atoms with E-state index in [2.05, 4.69) is 9.71 Å². The summed E-state index contributed by atoms with van der Waals surface area (Å²) in [6.45, 7) is 1.92. The van der Waals surface area contributed by atoms with Crippen LogP contribution in [-0.2, 0) is 25.6 Å². The molecule has 1 heterocycles. The number of sulfone groups is 1. The van der Waals surface area contributed by atoms with Gasteiger partial charge in [0.05, 0.1) is 16.3 Å². The van der Waals surface area contributed by atoms with E-state index in [4.69, 9.17) is 0 Å². The lowest BCUT2D eigenvalue weighted by molar-refractivity contribution is 0.594. The van der Waals surface area contributed by atoms with Gasteiger partial charge in [-0.25, -0.2) is 8.42 Å². The highest BCUT2D eigenvalue weighted by Crippen LogP contribution is 2.29. The van der Waals surface area contributed by atoms with Crippen LogP contribution in [0.4, 0.5) is 5.69 Å². The van der Waals surface area contributed by atoms with Gasteiger partial charge in [0.15, 0.2) is 9.84 Å². The molecular formula is C15H14N2O4S2. The Hall–Kier alpha value is -2.19. The van der Waals surface area contributed by atoms with Gasteiger partial charge in [0.2, 0.25) is 0 Å². The fraction of sp³-hybridized carbons (Fsp3) is 0.133. The van der Waals surface area contributed by atoms with Gasteiger partial charge in [0, 0.05) is 0 Å². The summed E-state index contributed by atoms with van der Waals surface area (Å²) in [6, 6.07) is 11.1. The number of rotatable bonds is 3. The van der Waals surface area contributed by atoms with E-state index in [0.717, 1.165) is 18.0 Å². The Kier molecular flexibility index (Phi) is 3.73. The summed E-state index contributed by atoms with van der Waals surface area (Å²) in [6.07, 6.45) is 1.07. The highest BCUT2D eigenvalue weighted by Gasteiger charge is 2.24. The number of nitrogens with zero attached hydrogens (tertiary/aromatic N) is 1. The zero-order valence-electron chi connectivity index (χ0n) is 12.2. The van der Waals surface area contributed by atoms with Crippen molar-refractivity contribution in [1.82, 2.24) is 0 Å². The second-order valence-electron chi connectivity index (χ2n) is 5.26. The Morgan fingerprint density at radius 3 is 2.48 bits per heavy atom. The maximum atomic E-state index is 12.5. The zero-order valence-corrected chi connectivity index (χ0v) is 13.9. The lowest BCUT2D eigenvalue weighted by Gasteiger charge is -2.13. The number of anilines is 1. The van der Waals surface area contributed by atoms with Gasteiger partial charge in [0.25, 0.3) is 10.0 Å². The lowest BCUT2D eigenvalue weighted by Crippen LogP contribution is -2.13. The smallest absolute Gasteiger partial charge is 0.285 e. The minimum Gasteiger partial charge on any atom is -0.345 e. The van der Waals surface area contributed by atoms with Gasteiger partial charge in [-0.1, -0.05) is 29.8 Å². The van der Waals surface area contributed by atoms with Gasteiger partial charge < -0.3 is 5.32 Å². The van der Waals surface area contributed by atoms with Crippen molar-refractivity contribution in [2.75, 3.05) is 5.32 Å². The van der Waals surface area contributed by atoms with Crippen LogP contribution in [0.5, 0.6) is 0 Å². The molecule has 0 unspecified atom stereocenters. The number of sulfonamides is 1. The minimum atomic E-state index is -3.86. The molecule has 0 radical (unpaired) electrons. The summed E-state index contributed by atoms with van der Waals surface area (Å²) in [5.41, 5.74) is 2.00. The maximum absolute atomic E-state index is 12.5. The predicted molar refractivity (Wildman–Crippen MR) is 87.8 cm³/mol. The summed E-state index contributed by atoms with van der Waals surface area (Å²) in [7, 11) is -7.51. The predicted octanol–water partition coefficient (Wildman–Crippen LogP) is 2.11. The quantitative estimate of drug-likeness (QED) is 0.915. The number of nitrogens with one attached hydrogen (secondary N) is 1. The van der Waals surface area contributed by atoms with Crippen molar-refractivity contribution in [2.45, 2.75) is 22.5 Å². The first-order chi connectivity index (χ1) is 10.8. The van der Waals surface area contributed by atoms with Crippen LogP contribution in [0.15, 0.2) is 56.7 Å². The summed E-state index contributed by atoms with van der Waals surface area (Å²) in [5, 5.41) is 2.69. The van der Waals surface area contributed by atoms with Gasteiger partial charge in [-0.2, -0.15) is 8.42 Å². The average molecular weight is 350 g/mol. The van der Waals surface area contributed by atoms with Crippen LogP contribution in [0.25, 0.3) is 0 Å². The molecule has 0 bridgehead atoms. The SMILES string of the molecule is Cc1ccc(CS(=O)(=O)c2ccc3c(c2)S(=O)(=O)N=CN3)cc1. The fourth-order valence-corrected chi connectivity index (χ4v) is 4.67. The lowest BCUT2D eigenvalue weighted by atomic mass is 10.2. The Morgan fingerprint density at radius 1 is 1.09 bits per heavy atom. The summed E-state index contributed by atoms with van der Waals surface area (Å²) in [4.78, 5) is -0.177. The molecule has 0 fully saturated rings. The van der Waals surface area contributed by atoms with Crippen LogP contribution in [0.1, 0.15) is 11.1 Å². The van der Waals surface area contributed by atoms with E-state index in [9.17, 15) is 16.8 Å². The molecule has 8 heteroatoms. The third-order valence-electron chi connectivity index (χ3n) is 3.48. The molecule has 23 heavy (non-hydrogen) atoms. The molecular weight excluding hydrogens is 336 g/mol. The first kappa shape index (κ1) is 15.7. The zero-order chi connectivity index (χ0) is 16.7. The van der Waals surface area contributed by atoms with E-state index in [1.165, 1.54) is 12.1 Å². The molecule has 1 aliphatic heterocycles. The Bertz CT molecular complexity index is 992. The molecule has 1 N–H and O–H groups in total. The van der Waals surface area contributed by atoms with Gasteiger partial charge in [-0.05, 0) is 30.7 Å². The van der Waals surface area contributed by atoms with E-state index in [1.807, 2.05) is 19.1 Å². The molecule has 0 amide bonds. The molecule has 1 aliphatic rings. The second kappa shape index (κ2) is 5.47. The number of hydrogen-bond donors (Lipinski definition) is 1. The monoisotopic (exact) mass is 350 g/mol. The first-order valence-corrected chi connectivity index (χ1v) is 9.85. The number of aryl methyl sites for hydroxylation is 1. The molecule has 120 valence electrons. The topological polar surface area (TPSA) is 92.7 Å². The normalized spacial score (nSPS) is 15.7. The third-order valence-corrected chi connectivity index (χ3v) is 6.44. The highest BCUT2D eigenvalue weighted by atomic mass is 32.2. The van der Waals surface area contributed by atoms with Crippen LogP contribution in [0.3, 0.4) is 0 Å². The van der Waals surface area contributed by atoms with Crippen molar-refractivity contribution < 1.29 is 16.8 Å². The number of benzene rings is 2. The van der Waals surface area contributed by atoms with Crippen LogP contribution < -0.4 is 5.32 Å². The van der Waals surface area contributed by atoms with Crippen molar-refractivity contribution in [3.8, 4) is 0 Å². The Morgan fingerprint density at radius 2 is 1.78 bits per heavy atom. The Balaban J connectivity index is 2.00. The van der Waals surface area contributed by atoms with Crippen LogP contribution in [0, 0.1) is 6.92 Å². The molecule has 6 nitrogen and oxygen atoms in total. The fourth-order valence-electron chi connectivity index (χ4n) is 2.24. The summed E-state index contributed by atoms with van der Waals surface area (Å²) >= 11 is 0. The largest absolute Gasteiger partial charge is 0.345 e. The second-order valence-corrected chi connectivity index (χ2v) is 8.85. The van der Waals surface area contributed by atoms with E-state index >= 15 is 0 Å². The summed E-state index contributed by atoms with van der Waals surface area (Å²) < 4.78 is 52.3. The van der Waals surface area contributed by atoms with Crippen LogP contribution in [0.2, 0.25) is 0 Å². The van der Waals surface area contributed by atoms with E-state index < -0.39 is 19.9 Å². The van der Waals surface area contributed by atoms with E-state index in [0.29, 0.717) is 11.3 Å². The molecule has 0 atom stereocenters. The summed E-state index contributed by atoms with van der Waals surface area (Å²) in [5.74, 6) is -0.192. The van der Waals surface area contributed by atoms with E-state index in [-0.39, 0.29) is 15.5 Å². The molecule has 0 saturated heterocycles.